The summed E-state index contributed by atoms with van der Waals surface area (Å²) in [6, 6.07) is 6.40. The molecule has 1 rings (SSSR count). The Balaban J connectivity index is 3.20. The third kappa shape index (κ3) is 2.08. The van der Waals surface area contributed by atoms with Crippen molar-refractivity contribution in [3.8, 4) is 0 Å². The van der Waals surface area contributed by atoms with Gasteiger partial charge in [0, 0.05) is 0 Å². The van der Waals surface area contributed by atoms with Crippen molar-refractivity contribution in [2.45, 2.75) is 11.8 Å². The van der Waals surface area contributed by atoms with Gasteiger partial charge in [-0.15, -0.1) is 0 Å². The smallest absolute Gasteiger partial charge is 0.238 e. The lowest BCUT2D eigenvalue weighted by molar-refractivity contribution is 0.609. The van der Waals surface area contributed by atoms with E-state index in [9.17, 15) is 8.42 Å². The molecular formula is C7H7BO2S. The number of rotatable bonds is 1. The van der Waals surface area contributed by atoms with Crippen LogP contribution in [0.2, 0.25) is 0 Å². The van der Waals surface area contributed by atoms with Gasteiger partial charge in [0.1, 0.15) is 9.69 Å². The highest BCUT2D eigenvalue weighted by Crippen LogP contribution is 2.08. The van der Waals surface area contributed by atoms with Crippen LogP contribution in [0.5, 0.6) is 0 Å². The molecule has 4 heteroatoms. The fourth-order valence-electron chi connectivity index (χ4n) is 0.728. The molecule has 0 aromatic heterocycles. The molecule has 0 N–H and O–H groups in total. The second-order valence-electron chi connectivity index (χ2n) is 2.36. The van der Waals surface area contributed by atoms with E-state index in [4.69, 9.17) is 7.12 Å². The lowest BCUT2D eigenvalue weighted by Gasteiger charge is -1.97. The molecule has 0 heterocycles. The largest absolute Gasteiger partial charge is 0.262 e. The van der Waals surface area contributed by atoms with Crippen LogP contribution in [0.1, 0.15) is 5.56 Å². The number of hydrogen-bond acceptors (Lipinski definition) is 2. The summed E-state index contributed by atoms with van der Waals surface area (Å²) in [6.07, 6.45) is 0. The minimum absolute atomic E-state index is 0.156. The highest BCUT2D eigenvalue weighted by atomic mass is 32.2. The Hall–Kier alpha value is -0.765. The first-order valence-corrected chi connectivity index (χ1v) is 4.64. The summed E-state index contributed by atoms with van der Waals surface area (Å²) < 4.78 is 21.4. The minimum atomic E-state index is -3.52. The maximum absolute atomic E-state index is 10.7. The van der Waals surface area contributed by atoms with Crippen LogP contribution in [0.15, 0.2) is 29.2 Å². The molecule has 0 saturated carbocycles. The van der Waals surface area contributed by atoms with E-state index in [1.54, 1.807) is 12.1 Å². The van der Waals surface area contributed by atoms with Gasteiger partial charge in [-0.2, -0.15) is 0 Å². The van der Waals surface area contributed by atoms with Gasteiger partial charge in [-0.05, 0) is 19.1 Å². The number of aryl methyl sites for hydroxylation is 1. The van der Waals surface area contributed by atoms with Crippen molar-refractivity contribution >= 4 is 16.8 Å². The molecule has 56 valence electrons. The van der Waals surface area contributed by atoms with Crippen molar-refractivity contribution in [1.82, 2.24) is 0 Å². The summed E-state index contributed by atoms with van der Waals surface area (Å²) >= 11 is 0. The Morgan fingerprint density at radius 2 is 1.64 bits per heavy atom. The normalized spacial score (nSPS) is 11.4. The van der Waals surface area contributed by atoms with Crippen molar-refractivity contribution in [3.05, 3.63) is 29.8 Å². The van der Waals surface area contributed by atoms with Gasteiger partial charge in [0.15, 0.2) is 0 Å². The molecule has 0 atom stereocenters. The first-order valence-electron chi connectivity index (χ1n) is 3.09. The lowest BCUT2D eigenvalue weighted by atomic mass is 10.2. The Bertz CT molecular complexity index is 339. The molecule has 1 aromatic rings. The molecule has 0 fully saturated rings. The van der Waals surface area contributed by atoms with Gasteiger partial charge in [-0.1, -0.05) is 17.7 Å². The average Bonchev–Trinajstić information content (AvgIpc) is 1.86. The fraction of sp³-hybridized carbons (Fsp3) is 0.143. The van der Waals surface area contributed by atoms with Crippen LogP contribution < -0.4 is 0 Å². The molecule has 0 unspecified atom stereocenters. The Kier molecular flexibility index (Phi) is 2.04. The highest BCUT2D eigenvalue weighted by Gasteiger charge is 2.03. The SMILES string of the molecule is [B]S(=O)(=O)c1ccc(C)cc1. The van der Waals surface area contributed by atoms with Crippen LogP contribution in [-0.2, 0) is 9.69 Å². The maximum atomic E-state index is 10.7. The molecular weight excluding hydrogens is 159 g/mol. The third-order valence-electron chi connectivity index (χ3n) is 1.35. The predicted molar refractivity (Wildman–Crippen MR) is 44.1 cm³/mol. The Morgan fingerprint density at radius 1 is 1.18 bits per heavy atom. The van der Waals surface area contributed by atoms with E-state index in [0.29, 0.717) is 0 Å². The molecule has 0 amide bonds. The molecule has 2 radical (unpaired) electrons. The summed E-state index contributed by atoms with van der Waals surface area (Å²) in [5.74, 6) is 0. The van der Waals surface area contributed by atoms with Crippen LogP contribution in [-0.4, -0.2) is 15.5 Å². The van der Waals surface area contributed by atoms with Gasteiger partial charge in [0.25, 0.3) is 7.12 Å². The van der Waals surface area contributed by atoms with Crippen molar-refractivity contribution in [3.63, 3.8) is 0 Å². The van der Waals surface area contributed by atoms with Crippen molar-refractivity contribution in [2.75, 3.05) is 0 Å². The first-order chi connectivity index (χ1) is 5.00. The molecule has 0 saturated heterocycles. The van der Waals surface area contributed by atoms with Crippen LogP contribution in [0.3, 0.4) is 0 Å². The summed E-state index contributed by atoms with van der Waals surface area (Å²) in [5.41, 5.74) is 1.01. The maximum Gasteiger partial charge on any atom is 0.262 e. The zero-order valence-electron chi connectivity index (χ0n) is 6.11. The van der Waals surface area contributed by atoms with Crippen molar-refractivity contribution < 1.29 is 8.42 Å². The molecule has 0 spiro atoms. The van der Waals surface area contributed by atoms with Gasteiger partial charge in [0.2, 0.25) is 0 Å². The minimum Gasteiger partial charge on any atom is -0.238 e. The molecule has 0 aliphatic carbocycles. The van der Waals surface area contributed by atoms with E-state index in [2.05, 4.69) is 0 Å². The topological polar surface area (TPSA) is 34.1 Å². The first kappa shape index (κ1) is 8.33. The molecule has 0 aliphatic heterocycles. The molecule has 11 heavy (non-hydrogen) atoms. The second kappa shape index (κ2) is 2.70. The van der Waals surface area contributed by atoms with E-state index >= 15 is 0 Å². The molecule has 1 aromatic carbocycles. The molecule has 0 aliphatic rings. The zero-order valence-corrected chi connectivity index (χ0v) is 6.93. The van der Waals surface area contributed by atoms with Crippen LogP contribution in [0, 0.1) is 6.92 Å². The Morgan fingerprint density at radius 3 is 2.00 bits per heavy atom. The molecule has 0 bridgehead atoms. The van der Waals surface area contributed by atoms with E-state index in [0.717, 1.165) is 5.56 Å². The fourth-order valence-corrected chi connectivity index (χ4v) is 1.24. The predicted octanol–water partition coefficient (Wildman–Crippen LogP) is 0.852. The molecule has 2 nitrogen and oxygen atoms in total. The second-order valence-corrected chi connectivity index (χ2v) is 3.92. The van der Waals surface area contributed by atoms with Gasteiger partial charge in [-0.3, -0.25) is 0 Å². The number of benzene rings is 1. The standard InChI is InChI=1S/C7H7BO2S/c1-6-2-4-7(5-3-6)11(8,9)10/h2-5H,1H3. The Labute approximate surface area is 67.5 Å². The average molecular weight is 166 g/mol. The zero-order chi connectivity index (χ0) is 8.48. The highest BCUT2D eigenvalue weighted by molar-refractivity contribution is 8.12. The van der Waals surface area contributed by atoms with Crippen LogP contribution in [0.4, 0.5) is 0 Å². The summed E-state index contributed by atoms with van der Waals surface area (Å²) in [4.78, 5) is 0.156. The van der Waals surface area contributed by atoms with Gasteiger partial charge < -0.3 is 0 Å². The van der Waals surface area contributed by atoms with Crippen LogP contribution >= 0.6 is 0 Å². The van der Waals surface area contributed by atoms with E-state index in [1.165, 1.54) is 12.1 Å². The van der Waals surface area contributed by atoms with Gasteiger partial charge in [-0.25, -0.2) is 8.42 Å². The number of hydrogen-bond donors (Lipinski definition) is 0. The third-order valence-corrected chi connectivity index (χ3v) is 2.28. The van der Waals surface area contributed by atoms with Gasteiger partial charge in [0.05, 0.1) is 4.90 Å². The quantitative estimate of drug-likeness (QED) is 0.579. The summed E-state index contributed by atoms with van der Waals surface area (Å²) in [7, 11) is 1.36. The van der Waals surface area contributed by atoms with E-state index in [1.807, 2.05) is 6.92 Å². The van der Waals surface area contributed by atoms with Crippen molar-refractivity contribution in [1.29, 1.82) is 0 Å². The van der Waals surface area contributed by atoms with E-state index in [-0.39, 0.29) is 4.90 Å². The van der Waals surface area contributed by atoms with Crippen LogP contribution in [0.25, 0.3) is 0 Å². The van der Waals surface area contributed by atoms with Crippen molar-refractivity contribution in [2.24, 2.45) is 0 Å². The lowest BCUT2D eigenvalue weighted by Crippen LogP contribution is -1.98. The summed E-state index contributed by atoms with van der Waals surface area (Å²) in [6.45, 7) is 1.88. The van der Waals surface area contributed by atoms with E-state index < -0.39 is 9.69 Å². The monoisotopic (exact) mass is 166 g/mol. The van der Waals surface area contributed by atoms with Gasteiger partial charge >= 0.3 is 0 Å². The summed E-state index contributed by atoms with van der Waals surface area (Å²) in [5, 5.41) is 0.